The fourth-order valence-corrected chi connectivity index (χ4v) is 2.80. The first-order valence-electron chi connectivity index (χ1n) is 7.20. The van der Waals surface area contributed by atoms with Gasteiger partial charge in [-0.25, -0.2) is 8.78 Å². The van der Waals surface area contributed by atoms with E-state index in [9.17, 15) is 8.78 Å². The summed E-state index contributed by atoms with van der Waals surface area (Å²) >= 11 is 0. The van der Waals surface area contributed by atoms with Gasteiger partial charge in [-0.15, -0.1) is 0 Å². The maximum atomic E-state index is 13.3. The van der Waals surface area contributed by atoms with Crippen molar-refractivity contribution in [1.29, 1.82) is 0 Å². The molecular formula is C16H23F2N. The SMILES string of the molecule is CCCNCC(C)(Cc1ccc(F)c(F)c1)C1CC1. The van der Waals surface area contributed by atoms with Crippen LogP contribution in [0.2, 0.25) is 0 Å². The van der Waals surface area contributed by atoms with Crippen LogP contribution in [0.5, 0.6) is 0 Å². The lowest BCUT2D eigenvalue weighted by Crippen LogP contribution is -2.36. The van der Waals surface area contributed by atoms with Crippen LogP contribution in [0.25, 0.3) is 0 Å². The van der Waals surface area contributed by atoms with Crippen molar-refractivity contribution in [2.45, 2.75) is 39.5 Å². The standard InChI is InChI=1S/C16H23F2N/c1-3-8-19-11-16(2,13-5-6-13)10-12-4-7-14(17)15(18)9-12/h4,7,9,13,19H,3,5-6,8,10-11H2,1-2H3. The zero-order chi connectivity index (χ0) is 13.9. The molecule has 3 heteroatoms. The van der Waals surface area contributed by atoms with Crippen molar-refractivity contribution in [2.75, 3.05) is 13.1 Å². The molecule has 0 aromatic heterocycles. The summed E-state index contributed by atoms with van der Waals surface area (Å²) in [6, 6.07) is 4.28. The third-order valence-electron chi connectivity index (χ3n) is 4.11. The summed E-state index contributed by atoms with van der Waals surface area (Å²) in [6.07, 6.45) is 4.44. The Hall–Kier alpha value is -0.960. The van der Waals surface area contributed by atoms with Crippen LogP contribution in [0.4, 0.5) is 8.78 Å². The van der Waals surface area contributed by atoms with Crippen LogP contribution in [0.15, 0.2) is 18.2 Å². The van der Waals surface area contributed by atoms with E-state index in [1.54, 1.807) is 6.07 Å². The second kappa shape index (κ2) is 6.00. The summed E-state index contributed by atoms with van der Waals surface area (Å²) in [4.78, 5) is 0. The van der Waals surface area contributed by atoms with Crippen molar-refractivity contribution in [3.63, 3.8) is 0 Å². The molecule has 0 aliphatic heterocycles. The highest BCUT2D eigenvalue weighted by Gasteiger charge is 2.41. The van der Waals surface area contributed by atoms with Gasteiger partial charge in [-0.2, -0.15) is 0 Å². The van der Waals surface area contributed by atoms with Crippen molar-refractivity contribution in [3.05, 3.63) is 35.4 Å². The van der Waals surface area contributed by atoms with Crippen molar-refractivity contribution < 1.29 is 8.78 Å². The summed E-state index contributed by atoms with van der Waals surface area (Å²) in [5.74, 6) is -0.789. The zero-order valence-electron chi connectivity index (χ0n) is 11.8. The predicted octanol–water partition coefficient (Wildman–Crippen LogP) is 3.92. The summed E-state index contributed by atoms with van der Waals surface area (Å²) < 4.78 is 26.3. The van der Waals surface area contributed by atoms with Gasteiger partial charge in [-0.05, 0) is 61.3 Å². The third kappa shape index (κ3) is 3.75. The summed E-state index contributed by atoms with van der Waals surface area (Å²) in [5.41, 5.74) is 1.05. The smallest absolute Gasteiger partial charge is 0.159 e. The molecule has 0 heterocycles. The summed E-state index contributed by atoms with van der Waals surface area (Å²) in [5, 5.41) is 3.48. The average molecular weight is 267 g/mol. The molecule has 0 amide bonds. The minimum Gasteiger partial charge on any atom is -0.316 e. The Kier molecular flexibility index (Phi) is 4.56. The van der Waals surface area contributed by atoms with Gasteiger partial charge >= 0.3 is 0 Å². The highest BCUT2D eigenvalue weighted by molar-refractivity contribution is 5.20. The van der Waals surface area contributed by atoms with E-state index in [0.29, 0.717) is 5.92 Å². The van der Waals surface area contributed by atoms with Gasteiger partial charge in [-0.3, -0.25) is 0 Å². The quantitative estimate of drug-likeness (QED) is 0.738. The molecule has 1 aliphatic rings. The normalized spacial score (nSPS) is 18.3. The van der Waals surface area contributed by atoms with Crippen molar-refractivity contribution in [1.82, 2.24) is 5.32 Å². The van der Waals surface area contributed by atoms with Crippen LogP contribution in [0, 0.1) is 23.0 Å². The number of nitrogens with one attached hydrogen (secondary N) is 1. The van der Waals surface area contributed by atoms with Gasteiger partial charge < -0.3 is 5.32 Å². The molecule has 1 aromatic rings. The molecule has 0 spiro atoms. The molecule has 1 unspecified atom stereocenters. The van der Waals surface area contributed by atoms with E-state index < -0.39 is 11.6 Å². The van der Waals surface area contributed by atoms with E-state index in [-0.39, 0.29) is 5.41 Å². The van der Waals surface area contributed by atoms with Gasteiger partial charge in [-0.1, -0.05) is 19.9 Å². The predicted molar refractivity (Wildman–Crippen MR) is 74.1 cm³/mol. The Balaban J connectivity index is 2.04. The lowest BCUT2D eigenvalue weighted by molar-refractivity contribution is 0.256. The topological polar surface area (TPSA) is 12.0 Å². The molecule has 1 aromatic carbocycles. The molecule has 1 N–H and O–H groups in total. The molecule has 106 valence electrons. The first-order valence-corrected chi connectivity index (χ1v) is 7.20. The first-order chi connectivity index (χ1) is 9.05. The third-order valence-corrected chi connectivity index (χ3v) is 4.11. The zero-order valence-corrected chi connectivity index (χ0v) is 11.8. The maximum Gasteiger partial charge on any atom is 0.159 e. The first kappa shape index (κ1) is 14.4. The van der Waals surface area contributed by atoms with Gasteiger partial charge in [0.05, 0.1) is 0 Å². The Bertz CT molecular complexity index is 429. The number of rotatable bonds is 7. The number of halogens is 2. The Morgan fingerprint density at radius 3 is 2.58 bits per heavy atom. The highest BCUT2D eigenvalue weighted by atomic mass is 19.2. The molecule has 0 bridgehead atoms. The van der Waals surface area contributed by atoms with E-state index in [4.69, 9.17) is 0 Å². The van der Waals surface area contributed by atoms with E-state index >= 15 is 0 Å². The fourth-order valence-electron chi connectivity index (χ4n) is 2.80. The van der Waals surface area contributed by atoms with Crippen LogP contribution in [0.1, 0.15) is 38.7 Å². The number of benzene rings is 1. The lowest BCUT2D eigenvalue weighted by atomic mass is 9.79. The molecule has 1 fully saturated rings. The Morgan fingerprint density at radius 2 is 2.00 bits per heavy atom. The Labute approximate surface area is 114 Å². The van der Waals surface area contributed by atoms with Crippen LogP contribution < -0.4 is 5.32 Å². The molecular weight excluding hydrogens is 244 g/mol. The van der Waals surface area contributed by atoms with Crippen molar-refractivity contribution >= 4 is 0 Å². The van der Waals surface area contributed by atoms with Gasteiger partial charge in [0, 0.05) is 6.54 Å². The lowest BCUT2D eigenvalue weighted by Gasteiger charge is -2.30. The fraction of sp³-hybridized carbons (Fsp3) is 0.625. The van der Waals surface area contributed by atoms with Gasteiger partial charge in [0.1, 0.15) is 0 Å². The molecule has 1 atom stereocenters. The van der Waals surface area contributed by atoms with Gasteiger partial charge in [0.15, 0.2) is 11.6 Å². The maximum absolute atomic E-state index is 13.3. The van der Waals surface area contributed by atoms with Gasteiger partial charge in [0.25, 0.3) is 0 Å². The monoisotopic (exact) mass is 267 g/mol. The molecule has 0 radical (unpaired) electrons. The summed E-state index contributed by atoms with van der Waals surface area (Å²) in [7, 11) is 0. The number of hydrogen-bond donors (Lipinski definition) is 1. The van der Waals surface area contributed by atoms with Crippen molar-refractivity contribution in [3.8, 4) is 0 Å². The van der Waals surface area contributed by atoms with Crippen LogP contribution in [0.3, 0.4) is 0 Å². The molecule has 2 rings (SSSR count). The second-order valence-electron chi connectivity index (χ2n) is 6.03. The van der Waals surface area contributed by atoms with E-state index in [0.717, 1.165) is 31.5 Å². The van der Waals surface area contributed by atoms with Crippen molar-refractivity contribution in [2.24, 2.45) is 11.3 Å². The van der Waals surface area contributed by atoms with E-state index in [1.165, 1.54) is 25.0 Å². The van der Waals surface area contributed by atoms with Crippen LogP contribution >= 0.6 is 0 Å². The highest BCUT2D eigenvalue weighted by Crippen LogP contribution is 2.47. The van der Waals surface area contributed by atoms with Gasteiger partial charge in [0.2, 0.25) is 0 Å². The second-order valence-corrected chi connectivity index (χ2v) is 6.03. The molecule has 19 heavy (non-hydrogen) atoms. The molecule has 0 saturated heterocycles. The van der Waals surface area contributed by atoms with Crippen LogP contribution in [-0.4, -0.2) is 13.1 Å². The van der Waals surface area contributed by atoms with E-state index in [1.807, 2.05) is 0 Å². The molecule has 1 nitrogen and oxygen atoms in total. The molecule has 1 aliphatic carbocycles. The minimum absolute atomic E-state index is 0.152. The van der Waals surface area contributed by atoms with E-state index in [2.05, 4.69) is 19.2 Å². The minimum atomic E-state index is -0.763. The Morgan fingerprint density at radius 1 is 1.26 bits per heavy atom. The average Bonchev–Trinajstić information content (AvgIpc) is 3.19. The van der Waals surface area contributed by atoms with Crippen LogP contribution in [-0.2, 0) is 6.42 Å². The summed E-state index contributed by atoms with van der Waals surface area (Å²) in [6.45, 7) is 6.37. The largest absolute Gasteiger partial charge is 0.316 e. The molecule has 1 saturated carbocycles. The number of hydrogen-bond acceptors (Lipinski definition) is 1.